The van der Waals surface area contributed by atoms with Gasteiger partial charge in [-0.3, -0.25) is 10.1 Å². The van der Waals surface area contributed by atoms with Gasteiger partial charge in [0.25, 0.3) is 5.91 Å². The first-order valence-electron chi connectivity index (χ1n) is 5.75. The fourth-order valence-electron chi connectivity index (χ4n) is 1.94. The van der Waals surface area contributed by atoms with Crippen LogP contribution < -0.4 is 5.32 Å². The number of amides is 2. The molecule has 17 heavy (non-hydrogen) atoms. The highest BCUT2D eigenvalue weighted by Crippen LogP contribution is 2.16. The van der Waals surface area contributed by atoms with E-state index in [-0.39, 0.29) is 11.9 Å². The number of ether oxygens (including phenoxy) is 2. The van der Waals surface area contributed by atoms with Crippen molar-refractivity contribution in [1.82, 2.24) is 10.2 Å². The van der Waals surface area contributed by atoms with E-state index >= 15 is 0 Å². The SMILES string of the molecule is CC(C)(C)OC(=O)N1CC2COCC(N2)C1=O. The molecule has 0 aromatic heterocycles. The van der Waals surface area contributed by atoms with Crippen molar-refractivity contribution in [3.63, 3.8) is 0 Å². The van der Waals surface area contributed by atoms with Crippen molar-refractivity contribution in [1.29, 1.82) is 0 Å². The van der Waals surface area contributed by atoms with Crippen molar-refractivity contribution in [3.05, 3.63) is 0 Å². The van der Waals surface area contributed by atoms with Crippen LogP contribution >= 0.6 is 0 Å². The van der Waals surface area contributed by atoms with Crippen LogP contribution in [0.15, 0.2) is 0 Å². The fraction of sp³-hybridized carbons (Fsp3) is 0.818. The molecule has 2 rings (SSSR count). The van der Waals surface area contributed by atoms with Crippen LogP contribution in [0.1, 0.15) is 20.8 Å². The number of morpholine rings is 1. The second kappa shape index (κ2) is 4.27. The molecular weight excluding hydrogens is 224 g/mol. The highest BCUT2D eigenvalue weighted by molar-refractivity contribution is 5.96. The zero-order chi connectivity index (χ0) is 12.6. The standard InChI is InChI=1S/C11H18N2O4/c1-11(2,3)17-10(15)13-4-7-5-16-6-8(12-7)9(13)14/h7-8,12H,4-6H2,1-3H3. The molecule has 2 bridgehead atoms. The maximum atomic E-state index is 11.9. The van der Waals surface area contributed by atoms with Gasteiger partial charge in [-0.05, 0) is 20.8 Å². The molecule has 2 heterocycles. The molecule has 1 N–H and O–H groups in total. The molecular formula is C11H18N2O4. The lowest BCUT2D eigenvalue weighted by Gasteiger charge is -2.40. The summed E-state index contributed by atoms with van der Waals surface area (Å²) in [6.07, 6.45) is -0.569. The number of piperazine rings is 1. The third kappa shape index (κ3) is 2.76. The van der Waals surface area contributed by atoms with Crippen molar-refractivity contribution in [2.45, 2.75) is 38.5 Å². The minimum absolute atomic E-state index is 0.0129. The van der Waals surface area contributed by atoms with E-state index in [9.17, 15) is 9.59 Å². The number of carbonyl (C=O) groups is 2. The minimum Gasteiger partial charge on any atom is -0.443 e. The monoisotopic (exact) mass is 242 g/mol. The molecule has 0 radical (unpaired) electrons. The summed E-state index contributed by atoms with van der Waals surface area (Å²) in [5, 5.41) is 3.13. The number of carbonyl (C=O) groups excluding carboxylic acids is 2. The Hall–Kier alpha value is -1.14. The Balaban J connectivity index is 2.05. The number of nitrogens with zero attached hydrogens (tertiary/aromatic N) is 1. The molecule has 6 nitrogen and oxygen atoms in total. The van der Waals surface area contributed by atoms with Gasteiger partial charge in [-0.15, -0.1) is 0 Å². The Morgan fingerprint density at radius 1 is 1.47 bits per heavy atom. The molecule has 2 atom stereocenters. The van der Waals surface area contributed by atoms with Gasteiger partial charge in [0.2, 0.25) is 0 Å². The number of imide groups is 1. The topological polar surface area (TPSA) is 67.9 Å². The number of hydrogen-bond acceptors (Lipinski definition) is 5. The Kier molecular flexibility index (Phi) is 3.09. The normalized spacial score (nSPS) is 29.1. The van der Waals surface area contributed by atoms with Gasteiger partial charge < -0.3 is 9.47 Å². The van der Waals surface area contributed by atoms with Crippen molar-refractivity contribution in [2.24, 2.45) is 0 Å². The van der Waals surface area contributed by atoms with Gasteiger partial charge in [0.05, 0.1) is 13.2 Å². The van der Waals surface area contributed by atoms with Crippen LogP contribution in [0.25, 0.3) is 0 Å². The Morgan fingerprint density at radius 3 is 2.82 bits per heavy atom. The molecule has 2 saturated heterocycles. The van der Waals surface area contributed by atoms with Crippen LogP contribution in [-0.2, 0) is 14.3 Å². The van der Waals surface area contributed by atoms with E-state index in [4.69, 9.17) is 9.47 Å². The summed E-state index contributed by atoms with van der Waals surface area (Å²) in [5.41, 5.74) is -0.589. The molecule has 96 valence electrons. The van der Waals surface area contributed by atoms with Gasteiger partial charge in [-0.25, -0.2) is 9.69 Å². The lowest BCUT2D eigenvalue weighted by Crippen LogP contribution is -2.66. The molecule has 2 aliphatic heterocycles. The summed E-state index contributed by atoms with van der Waals surface area (Å²) in [5.74, 6) is -0.268. The zero-order valence-corrected chi connectivity index (χ0v) is 10.4. The average Bonchev–Trinajstić information content (AvgIpc) is 2.21. The number of nitrogens with one attached hydrogen (secondary N) is 1. The van der Waals surface area contributed by atoms with E-state index in [0.29, 0.717) is 19.8 Å². The molecule has 2 amide bonds. The van der Waals surface area contributed by atoms with Crippen molar-refractivity contribution in [2.75, 3.05) is 19.8 Å². The second-order valence-electron chi connectivity index (χ2n) is 5.38. The lowest BCUT2D eigenvalue weighted by molar-refractivity contribution is -0.142. The van der Waals surface area contributed by atoms with Crippen LogP contribution in [0.2, 0.25) is 0 Å². The fourth-order valence-corrected chi connectivity index (χ4v) is 1.94. The second-order valence-corrected chi connectivity index (χ2v) is 5.38. The van der Waals surface area contributed by atoms with Crippen LogP contribution in [0.5, 0.6) is 0 Å². The third-order valence-electron chi connectivity index (χ3n) is 2.62. The molecule has 2 unspecified atom stereocenters. The van der Waals surface area contributed by atoms with E-state index < -0.39 is 17.7 Å². The molecule has 0 spiro atoms. The van der Waals surface area contributed by atoms with Gasteiger partial charge in [0, 0.05) is 12.6 Å². The minimum atomic E-state index is -0.589. The Morgan fingerprint density at radius 2 is 2.18 bits per heavy atom. The largest absolute Gasteiger partial charge is 0.443 e. The van der Waals surface area contributed by atoms with Crippen LogP contribution in [0.3, 0.4) is 0 Å². The van der Waals surface area contributed by atoms with Gasteiger partial charge in [0.1, 0.15) is 11.6 Å². The first-order chi connectivity index (χ1) is 7.87. The van der Waals surface area contributed by atoms with Crippen molar-refractivity contribution >= 4 is 12.0 Å². The van der Waals surface area contributed by atoms with Gasteiger partial charge in [-0.2, -0.15) is 0 Å². The highest BCUT2D eigenvalue weighted by atomic mass is 16.6. The summed E-state index contributed by atoms with van der Waals surface area (Å²) in [6.45, 7) is 6.48. The molecule has 0 saturated carbocycles. The zero-order valence-electron chi connectivity index (χ0n) is 10.4. The van der Waals surface area contributed by atoms with Crippen LogP contribution in [-0.4, -0.2) is 54.3 Å². The highest BCUT2D eigenvalue weighted by Gasteiger charge is 2.41. The summed E-state index contributed by atoms with van der Waals surface area (Å²) >= 11 is 0. The summed E-state index contributed by atoms with van der Waals surface area (Å²) in [6, 6.07) is -0.408. The van der Waals surface area contributed by atoms with Gasteiger partial charge >= 0.3 is 6.09 Å². The summed E-state index contributed by atoms with van der Waals surface area (Å²) in [4.78, 5) is 25.0. The van der Waals surface area contributed by atoms with E-state index in [1.807, 2.05) is 0 Å². The van der Waals surface area contributed by atoms with Gasteiger partial charge in [0.15, 0.2) is 0 Å². The van der Waals surface area contributed by atoms with Crippen molar-refractivity contribution in [3.8, 4) is 0 Å². The van der Waals surface area contributed by atoms with E-state index in [1.54, 1.807) is 20.8 Å². The first kappa shape index (κ1) is 12.3. The van der Waals surface area contributed by atoms with Crippen LogP contribution in [0.4, 0.5) is 4.79 Å². The predicted molar refractivity (Wildman–Crippen MR) is 59.5 cm³/mol. The molecule has 0 aromatic carbocycles. The maximum Gasteiger partial charge on any atom is 0.417 e. The quantitative estimate of drug-likeness (QED) is 0.653. The average molecular weight is 242 g/mol. The van der Waals surface area contributed by atoms with Crippen LogP contribution in [0, 0.1) is 0 Å². The van der Waals surface area contributed by atoms with E-state index in [0.717, 1.165) is 0 Å². The van der Waals surface area contributed by atoms with Gasteiger partial charge in [-0.1, -0.05) is 0 Å². The molecule has 0 aromatic rings. The van der Waals surface area contributed by atoms with E-state index in [1.165, 1.54) is 4.90 Å². The summed E-state index contributed by atoms with van der Waals surface area (Å²) in [7, 11) is 0. The smallest absolute Gasteiger partial charge is 0.417 e. The third-order valence-corrected chi connectivity index (χ3v) is 2.62. The number of hydrogen-bond donors (Lipinski definition) is 1. The first-order valence-corrected chi connectivity index (χ1v) is 5.75. The van der Waals surface area contributed by atoms with Crippen molar-refractivity contribution < 1.29 is 19.1 Å². The summed E-state index contributed by atoms with van der Waals surface area (Å²) < 4.78 is 10.5. The lowest BCUT2D eigenvalue weighted by atomic mass is 10.1. The van der Waals surface area contributed by atoms with E-state index in [2.05, 4.69) is 5.32 Å². The molecule has 2 aliphatic rings. The number of fused-ring (bicyclic) bond motifs is 2. The maximum absolute atomic E-state index is 11.9. The number of rotatable bonds is 0. The predicted octanol–water partition coefficient (Wildman–Crippen LogP) is 0.121. The Bertz CT molecular complexity index is 337. The Labute approximate surface area is 100 Å². The molecule has 0 aliphatic carbocycles. The molecule has 6 heteroatoms. The molecule has 2 fully saturated rings.